The van der Waals surface area contributed by atoms with E-state index in [9.17, 15) is 4.79 Å². The number of carbonyl (C=O) groups is 1. The molecule has 1 N–H and O–H groups in total. The van der Waals surface area contributed by atoms with Gasteiger partial charge in [-0.3, -0.25) is 4.79 Å². The summed E-state index contributed by atoms with van der Waals surface area (Å²) in [5, 5.41) is 2.96. The molecule has 0 aromatic heterocycles. The minimum Gasteiger partial charge on any atom is -0.497 e. The summed E-state index contributed by atoms with van der Waals surface area (Å²) in [5.41, 5.74) is 2.92. The fourth-order valence-corrected chi connectivity index (χ4v) is 3.31. The van der Waals surface area contributed by atoms with E-state index in [2.05, 4.69) is 50.4 Å². The van der Waals surface area contributed by atoms with E-state index in [1.54, 1.807) is 13.2 Å². The first-order valence-corrected chi connectivity index (χ1v) is 8.92. The summed E-state index contributed by atoms with van der Waals surface area (Å²) >= 11 is 3.41. The van der Waals surface area contributed by atoms with Crippen LogP contribution in [0.3, 0.4) is 0 Å². The molecule has 24 heavy (non-hydrogen) atoms. The van der Waals surface area contributed by atoms with Gasteiger partial charge in [0.25, 0.3) is 5.91 Å². The molecule has 4 nitrogen and oxygen atoms in total. The molecular weight excluding hydrogens is 368 g/mol. The van der Waals surface area contributed by atoms with Gasteiger partial charge in [0, 0.05) is 29.8 Å². The van der Waals surface area contributed by atoms with E-state index in [-0.39, 0.29) is 5.91 Å². The molecule has 1 aliphatic rings. The smallest absolute Gasteiger partial charge is 0.252 e. The van der Waals surface area contributed by atoms with Crippen LogP contribution in [0.25, 0.3) is 0 Å². The molecule has 0 saturated carbocycles. The van der Waals surface area contributed by atoms with Crippen LogP contribution >= 0.6 is 15.9 Å². The van der Waals surface area contributed by atoms with Crippen LogP contribution in [0.4, 0.5) is 5.69 Å². The molecule has 0 aliphatic carbocycles. The van der Waals surface area contributed by atoms with E-state index in [0.717, 1.165) is 23.1 Å². The summed E-state index contributed by atoms with van der Waals surface area (Å²) in [4.78, 5) is 14.8. The maximum Gasteiger partial charge on any atom is 0.252 e. The monoisotopic (exact) mass is 388 g/mol. The van der Waals surface area contributed by atoms with Crippen molar-refractivity contribution >= 4 is 27.5 Å². The number of ether oxygens (including phenoxy) is 1. The van der Waals surface area contributed by atoms with Crippen molar-refractivity contribution in [2.45, 2.75) is 19.4 Å². The highest BCUT2D eigenvalue weighted by Crippen LogP contribution is 2.23. The van der Waals surface area contributed by atoms with Gasteiger partial charge in [-0.05, 0) is 64.7 Å². The quantitative estimate of drug-likeness (QED) is 0.841. The van der Waals surface area contributed by atoms with Gasteiger partial charge >= 0.3 is 0 Å². The minimum absolute atomic E-state index is 0.121. The maximum absolute atomic E-state index is 12.4. The summed E-state index contributed by atoms with van der Waals surface area (Å²) in [6.45, 7) is 2.78. The molecule has 126 valence electrons. The maximum atomic E-state index is 12.4. The molecule has 5 heteroatoms. The van der Waals surface area contributed by atoms with Crippen LogP contribution in [0.2, 0.25) is 0 Å². The highest BCUT2D eigenvalue weighted by Gasteiger charge is 2.13. The Bertz CT molecular complexity index is 710. The van der Waals surface area contributed by atoms with Crippen molar-refractivity contribution in [3.63, 3.8) is 0 Å². The predicted octanol–water partition coefficient (Wildman–Crippen LogP) is 3.99. The van der Waals surface area contributed by atoms with Crippen LogP contribution in [0.5, 0.6) is 5.75 Å². The number of methoxy groups -OCH3 is 1. The summed E-state index contributed by atoms with van der Waals surface area (Å²) in [6.07, 6.45) is 2.54. The molecule has 1 amide bonds. The van der Waals surface area contributed by atoms with Gasteiger partial charge in [-0.25, -0.2) is 0 Å². The third-order valence-corrected chi connectivity index (χ3v) is 4.97. The molecule has 0 spiro atoms. The normalized spacial score (nSPS) is 13.8. The zero-order valence-corrected chi connectivity index (χ0v) is 15.3. The van der Waals surface area contributed by atoms with Crippen molar-refractivity contribution in [2.75, 3.05) is 25.1 Å². The van der Waals surface area contributed by atoms with E-state index in [1.807, 2.05) is 12.1 Å². The van der Waals surface area contributed by atoms with E-state index < -0.39 is 0 Å². The fraction of sp³-hybridized carbons (Fsp3) is 0.316. The Morgan fingerprint density at radius 3 is 2.54 bits per heavy atom. The first kappa shape index (κ1) is 16.8. The Morgan fingerprint density at radius 1 is 1.17 bits per heavy atom. The number of rotatable bonds is 5. The van der Waals surface area contributed by atoms with Crippen molar-refractivity contribution < 1.29 is 9.53 Å². The first-order valence-electron chi connectivity index (χ1n) is 8.13. The third-order valence-electron chi connectivity index (χ3n) is 4.28. The highest BCUT2D eigenvalue weighted by molar-refractivity contribution is 9.10. The average molecular weight is 389 g/mol. The van der Waals surface area contributed by atoms with Crippen LogP contribution in [0.15, 0.2) is 46.9 Å². The zero-order valence-electron chi connectivity index (χ0n) is 13.7. The number of benzene rings is 2. The summed E-state index contributed by atoms with van der Waals surface area (Å²) < 4.78 is 5.93. The average Bonchev–Trinajstić information content (AvgIpc) is 3.15. The van der Waals surface area contributed by atoms with Crippen molar-refractivity contribution in [1.82, 2.24) is 5.32 Å². The lowest BCUT2D eigenvalue weighted by Gasteiger charge is -2.17. The van der Waals surface area contributed by atoms with Crippen molar-refractivity contribution in [3.05, 3.63) is 58.1 Å². The molecule has 0 atom stereocenters. The molecule has 2 aromatic carbocycles. The number of hydrogen-bond acceptors (Lipinski definition) is 3. The topological polar surface area (TPSA) is 41.6 Å². The van der Waals surface area contributed by atoms with Crippen LogP contribution in [-0.2, 0) is 6.54 Å². The third kappa shape index (κ3) is 3.90. The first-order chi connectivity index (χ1) is 11.7. The van der Waals surface area contributed by atoms with E-state index in [1.165, 1.54) is 18.5 Å². The molecule has 3 rings (SSSR count). The summed E-state index contributed by atoms with van der Waals surface area (Å²) in [5.74, 6) is 0.544. The zero-order chi connectivity index (χ0) is 16.9. The second-order valence-electron chi connectivity index (χ2n) is 5.89. The molecule has 1 aliphatic heterocycles. The molecule has 0 unspecified atom stereocenters. The van der Waals surface area contributed by atoms with Gasteiger partial charge in [-0.2, -0.15) is 0 Å². The number of nitrogens with one attached hydrogen (secondary N) is 1. The Kier molecular flexibility index (Phi) is 5.41. The Labute approximate surface area is 150 Å². The lowest BCUT2D eigenvalue weighted by molar-refractivity contribution is 0.0950. The number of nitrogens with zero attached hydrogens (tertiary/aromatic N) is 1. The van der Waals surface area contributed by atoms with Crippen LogP contribution < -0.4 is 15.0 Å². The van der Waals surface area contributed by atoms with Gasteiger partial charge in [0.2, 0.25) is 0 Å². The highest BCUT2D eigenvalue weighted by atomic mass is 79.9. The molecule has 1 heterocycles. The number of carbonyl (C=O) groups excluding carboxylic acids is 1. The minimum atomic E-state index is -0.121. The summed E-state index contributed by atoms with van der Waals surface area (Å²) in [6, 6.07) is 13.8. The van der Waals surface area contributed by atoms with Gasteiger partial charge in [0.05, 0.1) is 12.7 Å². The second-order valence-corrected chi connectivity index (χ2v) is 6.74. The lowest BCUT2D eigenvalue weighted by Crippen LogP contribution is -2.23. The predicted molar refractivity (Wildman–Crippen MR) is 99.8 cm³/mol. The van der Waals surface area contributed by atoms with Gasteiger partial charge in [-0.15, -0.1) is 0 Å². The standard InChI is InChI=1S/C19H21BrN2O2/c1-24-16-8-9-18(20)17(12-16)19(23)21-13-14-4-6-15(7-5-14)22-10-2-3-11-22/h4-9,12H,2-3,10-11,13H2,1H3,(H,21,23). The fourth-order valence-electron chi connectivity index (χ4n) is 2.88. The molecule has 1 saturated heterocycles. The van der Waals surface area contributed by atoms with Gasteiger partial charge < -0.3 is 15.0 Å². The number of halogens is 1. The lowest BCUT2D eigenvalue weighted by atomic mass is 10.1. The van der Waals surface area contributed by atoms with E-state index in [4.69, 9.17) is 4.74 Å². The molecule has 0 bridgehead atoms. The number of anilines is 1. The van der Waals surface area contributed by atoms with Crippen molar-refractivity contribution in [1.29, 1.82) is 0 Å². The molecule has 2 aromatic rings. The Hall–Kier alpha value is -2.01. The van der Waals surface area contributed by atoms with Gasteiger partial charge in [0.1, 0.15) is 5.75 Å². The van der Waals surface area contributed by atoms with Crippen LogP contribution in [0, 0.1) is 0 Å². The largest absolute Gasteiger partial charge is 0.497 e. The van der Waals surface area contributed by atoms with E-state index in [0.29, 0.717) is 17.9 Å². The SMILES string of the molecule is COc1ccc(Br)c(C(=O)NCc2ccc(N3CCCC3)cc2)c1. The van der Waals surface area contributed by atoms with Crippen LogP contribution in [-0.4, -0.2) is 26.1 Å². The van der Waals surface area contributed by atoms with Gasteiger partial charge in [-0.1, -0.05) is 12.1 Å². The molecule has 0 radical (unpaired) electrons. The molecular formula is C19H21BrN2O2. The number of amides is 1. The summed E-state index contributed by atoms with van der Waals surface area (Å²) in [7, 11) is 1.59. The second kappa shape index (κ2) is 7.71. The van der Waals surface area contributed by atoms with Gasteiger partial charge in [0.15, 0.2) is 0 Å². The Balaban J connectivity index is 1.61. The van der Waals surface area contributed by atoms with Crippen molar-refractivity contribution in [2.24, 2.45) is 0 Å². The van der Waals surface area contributed by atoms with E-state index >= 15 is 0 Å². The Morgan fingerprint density at radius 2 is 1.88 bits per heavy atom. The van der Waals surface area contributed by atoms with Crippen LogP contribution in [0.1, 0.15) is 28.8 Å². The molecule has 1 fully saturated rings. The number of hydrogen-bond donors (Lipinski definition) is 1. The van der Waals surface area contributed by atoms with Crippen molar-refractivity contribution in [3.8, 4) is 5.75 Å².